The lowest BCUT2D eigenvalue weighted by atomic mass is 10.2. The van der Waals surface area contributed by atoms with E-state index in [2.05, 4.69) is 5.32 Å². The second kappa shape index (κ2) is 8.99. The monoisotopic (exact) mass is 399 g/mol. The molecule has 1 heterocycles. The lowest BCUT2D eigenvalue weighted by Gasteiger charge is -2.13. The Hall–Kier alpha value is -1.89. The molecule has 0 aliphatic heterocycles. The molecule has 1 aromatic carbocycles. The average molecular weight is 400 g/mol. The highest BCUT2D eigenvalue weighted by Gasteiger charge is 2.19. The van der Waals surface area contributed by atoms with E-state index in [1.807, 2.05) is 0 Å². The molecule has 0 unspecified atom stereocenters. The van der Waals surface area contributed by atoms with Gasteiger partial charge in [-0.05, 0) is 36.6 Å². The largest absolute Gasteiger partial charge is 0.453 e. The molecule has 2 aromatic rings. The summed E-state index contributed by atoms with van der Waals surface area (Å²) in [6.45, 7) is 1.44. The van der Waals surface area contributed by atoms with Gasteiger partial charge in [0.2, 0.25) is 0 Å². The maximum absolute atomic E-state index is 12.1. The summed E-state index contributed by atoms with van der Waals surface area (Å²) in [6, 6.07) is 8.06. The third-order valence-corrected chi connectivity index (χ3v) is 4.51. The maximum Gasteiger partial charge on any atom is 0.307 e. The van der Waals surface area contributed by atoms with Crippen LogP contribution in [-0.2, 0) is 14.3 Å². The van der Waals surface area contributed by atoms with Crippen LogP contribution in [0.15, 0.2) is 35.7 Å². The summed E-state index contributed by atoms with van der Waals surface area (Å²) in [5.74, 6) is -1.26. The van der Waals surface area contributed by atoms with Gasteiger partial charge < -0.3 is 10.1 Å². The number of halogens is 2. The molecule has 0 aliphatic carbocycles. The van der Waals surface area contributed by atoms with E-state index >= 15 is 0 Å². The van der Waals surface area contributed by atoms with Crippen molar-refractivity contribution in [1.82, 2.24) is 0 Å². The highest BCUT2D eigenvalue weighted by molar-refractivity contribution is 7.12. The minimum atomic E-state index is -1.01. The summed E-state index contributed by atoms with van der Waals surface area (Å²) in [5.41, 5.74) is 0.401. The first-order valence-corrected chi connectivity index (χ1v) is 9.02. The highest BCUT2D eigenvalue weighted by atomic mass is 35.5. The molecule has 1 amide bonds. The van der Waals surface area contributed by atoms with Gasteiger partial charge >= 0.3 is 5.97 Å². The number of anilines is 1. The third-order valence-electron chi connectivity index (χ3n) is 3.16. The summed E-state index contributed by atoms with van der Waals surface area (Å²) in [4.78, 5) is 36.3. The van der Waals surface area contributed by atoms with Crippen LogP contribution >= 0.6 is 34.5 Å². The predicted octanol–water partition coefficient (Wildman–Crippen LogP) is 4.59. The average Bonchev–Trinajstić information content (AvgIpc) is 3.06. The van der Waals surface area contributed by atoms with E-state index in [9.17, 15) is 14.4 Å². The van der Waals surface area contributed by atoms with Crippen LogP contribution in [0.25, 0.3) is 0 Å². The van der Waals surface area contributed by atoms with Crippen LogP contribution < -0.4 is 5.32 Å². The number of rotatable bonds is 7. The summed E-state index contributed by atoms with van der Waals surface area (Å²) in [5, 5.41) is 5.11. The minimum absolute atomic E-state index is 0.0393. The van der Waals surface area contributed by atoms with Crippen molar-refractivity contribution in [2.45, 2.75) is 25.9 Å². The summed E-state index contributed by atoms with van der Waals surface area (Å²) < 4.78 is 5.05. The molecule has 132 valence electrons. The Balaban J connectivity index is 1.81. The zero-order valence-electron chi connectivity index (χ0n) is 13.3. The Labute approximate surface area is 158 Å². The molecule has 25 heavy (non-hydrogen) atoms. The van der Waals surface area contributed by atoms with Gasteiger partial charge in [-0.15, -0.1) is 11.3 Å². The molecule has 8 heteroatoms. The van der Waals surface area contributed by atoms with E-state index in [-0.39, 0.29) is 18.6 Å². The SMILES string of the molecule is C[C@@H](OC(=O)CCC(=O)c1cccs1)C(=O)Nc1cc(Cl)cc(Cl)c1. The van der Waals surface area contributed by atoms with Gasteiger partial charge in [0.05, 0.1) is 11.3 Å². The van der Waals surface area contributed by atoms with Crippen molar-refractivity contribution in [2.75, 3.05) is 5.32 Å². The van der Waals surface area contributed by atoms with Crippen molar-refractivity contribution in [3.8, 4) is 0 Å². The Kier molecular flexibility index (Phi) is 6.99. The van der Waals surface area contributed by atoms with Crippen LogP contribution in [0.5, 0.6) is 0 Å². The molecular weight excluding hydrogens is 385 g/mol. The van der Waals surface area contributed by atoms with Crippen molar-refractivity contribution in [3.05, 3.63) is 50.6 Å². The molecule has 5 nitrogen and oxygen atoms in total. The number of Topliss-reactive ketones (excluding diaryl/α,β-unsaturated/α-hetero) is 1. The molecule has 1 N–H and O–H groups in total. The first kappa shape index (κ1) is 19.4. The van der Waals surface area contributed by atoms with Crippen LogP contribution in [0, 0.1) is 0 Å². The van der Waals surface area contributed by atoms with Crippen LogP contribution in [0.2, 0.25) is 10.0 Å². The summed E-state index contributed by atoms with van der Waals surface area (Å²) in [7, 11) is 0. The lowest BCUT2D eigenvalue weighted by Crippen LogP contribution is -2.30. The molecule has 1 aromatic heterocycles. The molecule has 0 saturated carbocycles. The number of ether oxygens (including phenoxy) is 1. The van der Waals surface area contributed by atoms with Gasteiger partial charge in [0.25, 0.3) is 5.91 Å². The number of amides is 1. The number of hydrogen-bond acceptors (Lipinski definition) is 5. The maximum atomic E-state index is 12.1. The van der Waals surface area contributed by atoms with Crippen molar-refractivity contribution in [1.29, 1.82) is 0 Å². The minimum Gasteiger partial charge on any atom is -0.453 e. The van der Waals surface area contributed by atoms with Gasteiger partial charge in [-0.25, -0.2) is 0 Å². The zero-order valence-corrected chi connectivity index (χ0v) is 15.6. The Morgan fingerprint density at radius 2 is 1.84 bits per heavy atom. The first-order chi connectivity index (χ1) is 11.8. The number of carbonyl (C=O) groups excluding carboxylic acids is 3. The summed E-state index contributed by atoms with van der Waals surface area (Å²) >= 11 is 13.0. The molecular formula is C17H15Cl2NO4S. The van der Waals surface area contributed by atoms with Crippen molar-refractivity contribution < 1.29 is 19.1 Å². The number of esters is 1. The number of hydrogen-bond donors (Lipinski definition) is 1. The van der Waals surface area contributed by atoms with Crippen LogP contribution in [-0.4, -0.2) is 23.8 Å². The van der Waals surface area contributed by atoms with Gasteiger partial charge in [0.15, 0.2) is 11.9 Å². The second-order valence-electron chi connectivity index (χ2n) is 5.18. The Morgan fingerprint density at radius 1 is 1.16 bits per heavy atom. The van der Waals surface area contributed by atoms with Crippen molar-refractivity contribution in [2.24, 2.45) is 0 Å². The number of carbonyl (C=O) groups is 3. The predicted molar refractivity (Wildman–Crippen MR) is 98.5 cm³/mol. The molecule has 2 rings (SSSR count). The number of ketones is 1. The van der Waals surface area contributed by atoms with E-state index < -0.39 is 18.0 Å². The normalized spacial score (nSPS) is 11.6. The van der Waals surface area contributed by atoms with E-state index in [1.165, 1.54) is 36.5 Å². The quantitative estimate of drug-likeness (QED) is 0.545. The van der Waals surface area contributed by atoms with Gasteiger partial charge in [-0.1, -0.05) is 29.3 Å². The van der Waals surface area contributed by atoms with Gasteiger partial charge in [-0.3, -0.25) is 14.4 Å². The fraction of sp³-hybridized carbons (Fsp3) is 0.235. The topological polar surface area (TPSA) is 72.5 Å². The Morgan fingerprint density at radius 3 is 2.44 bits per heavy atom. The van der Waals surface area contributed by atoms with Gasteiger partial charge in [-0.2, -0.15) is 0 Å². The number of nitrogens with one attached hydrogen (secondary N) is 1. The molecule has 0 bridgehead atoms. The molecule has 0 aliphatic rings. The zero-order chi connectivity index (χ0) is 18.4. The van der Waals surface area contributed by atoms with Crippen LogP contribution in [0.4, 0.5) is 5.69 Å². The van der Waals surface area contributed by atoms with E-state index in [0.717, 1.165) is 0 Å². The van der Waals surface area contributed by atoms with E-state index in [4.69, 9.17) is 27.9 Å². The second-order valence-corrected chi connectivity index (χ2v) is 7.00. The molecule has 0 radical (unpaired) electrons. The van der Waals surface area contributed by atoms with Gasteiger partial charge in [0, 0.05) is 22.2 Å². The smallest absolute Gasteiger partial charge is 0.307 e. The Bertz CT molecular complexity index is 757. The number of benzene rings is 1. The standard InChI is InChI=1S/C17H15Cl2NO4S/c1-10(17(23)20-13-8-11(18)7-12(19)9-13)24-16(22)5-4-14(21)15-3-2-6-25-15/h2-3,6-10H,4-5H2,1H3,(H,20,23)/t10-/m1/s1. The van der Waals surface area contributed by atoms with Crippen molar-refractivity contribution >= 4 is 57.9 Å². The molecule has 0 spiro atoms. The van der Waals surface area contributed by atoms with Crippen LogP contribution in [0.3, 0.4) is 0 Å². The van der Waals surface area contributed by atoms with Crippen molar-refractivity contribution in [3.63, 3.8) is 0 Å². The third kappa shape index (κ3) is 6.16. The summed E-state index contributed by atoms with van der Waals surface area (Å²) in [6.07, 6.45) is -1.06. The van der Waals surface area contributed by atoms with E-state index in [0.29, 0.717) is 20.6 Å². The van der Waals surface area contributed by atoms with Crippen LogP contribution in [0.1, 0.15) is 29.4 Å². The lowest BCUT2D eigenvalue weighted by molar-refractivity contribution is -0.153. The fourth-order valence-corrected chi connectivity index (χ4v) is 3.18. The first-order valence-electron chi connectivity index (χ1n) is 7.38. The molecule has 0 saturated heterocycles. The fourth-order valence-electron chi connectivity index (χ4n) is 1.96. The molecule has 0 fully saturated rings. The van der Waals surface area contributed by atoms with E-state index in [1.54, 1.807) is 17.5 Å². The molecule has 1 atom stereocenters. The number of thiophene rings is 1. The highest BCUT2D eigenvalue weighted by Crippen LogP contribution is 2.22. The van der Waals surface area contributed by atoms with Gasteiger partial charge in [0.1, 0.15) is 0 Å².